The largest absolute Gasteiger partial charge is 0.478 e. The van der Waals surface area contributed by atoms with E-state index < -0.39 is 5.97 Å². The number of aromatic carboxylic acids is 1. The molecule has 0 aliphatic heterocycles. The third-order valence-electron chi connectivity index (χ3n) is 1.84. The molecule has 15 heavy (non-hydrogen) atoms. The van der Waals surface area contributed by atoms with Gasteiger partial charge in [-0.15, -0.1) is 0 Å². The van der Waals surface area contributed by atoms with Crippen LogP contribution in [0.1, 0.15) is 10.4 Å². The zero-order valence-electron chi connectivity index (χ0n) is 7.53. The van der Waals surface area contributed by atoms with Crippen molar-refractivity contribution in [1.82, 2.24) is 19.7 Å². The molecule has 0 unspecified atom stereocenters. The van der Waals surface area contributed by atoms with E-state index in [4.69, 9.17) is 10.8 Å². The number of hydrogen-bond acceptors (Lipinski definition) is 5. The number of pyridine rings is 1. The Hall–Kier alpha value is -2.44. The zero-order chi connectivity index (χ0) is 10.8. The van der Waals surface area contributed by atoms with Crippen LogP contribution in [0.4, 0.5) is 5.69 Å². The Morgan fingerprint density at radius 3 is 2.93 bits per heavy atom. The minimum atomic E-state index is -1.10. The van der Waals surface area contributed by atoms with Crippen LogP contribution >= 0.6 is 0 Å². The molecule has 0 amide bonds. The van der Waals surface area contributed by atoms with Gasteiger partial charge >= 0.3 is 5.97 Å². The van der Waals surface area contributed by atoms with Gasteiger partial charge in [0.15, 0.2) is 5.82 Å². The number of rotatable bonds is 2. The van der Waals surface area contributed by atoms with Gasteiger partial charge in [0.1, 0.15) is 12.7 Å². The standard InChI is InChI=1S/C8H7N5O2/c9-6-5(8(14)15)1-2-11-7(6)13-4-10-3-12-13/h1-4H,9H2,(H,14,15). The highest BCUT2D eigenvalue weighted by Crippen LogP contribution is 2.17. The molecule has 2 heterocycles. The van der Waals surface area contributed by atoms with Gasteiger partial charge in [-0.25, -0.2) is 19.4 Å². The molecule has 7 heteroatoms. The predicted molar refractivity (Wildman–Crippen MR) is 50.5 cm³/mol. The van der Waals surface area contributed by atoms with Crippen molar-refractivity contribution in [2.24, 2.45) is 0 Å². The molecule has 0 aromatic carbocycles. The summed E-state index contributed by atoms with van der Waals surface area (Å²) in [6.07, 6.45) is 4.07. The summed E-state index contributed by atoms with van der Waals surface area (Å²) in [6.45, 7) is 0. The van der Waals surface area contributed by atoms with E-state index in [-0.39, 0.29) is 17.1 Å². The number of carbonyl (C=O) groups is 1. The van der Waals surface area contributed by atoms with Crippen LogP contribution in [0.25, 0.3) is 5.82 Å². The van der Waals surface area contributed by atoms with Gasteiger partial charge in [0.2, 0.25) is 0 Å². The van der Waals surface area contributed by atoms with Crippen molar-refractivity contribution < 1.29 is 9.90 Å². The SMILES string of the molecule is Nc1c(C(=O)O)ccnc1-n1cncn1. The Bertz CT molecular complexity index is 494. The average Bonchev–Trinajstić information content (AvgIpc) is 2.70. The van der Waals surface area contributed by atoms with Crippen molar-refractivity contribution in [3.8, 4) is 5.82 Å². The minimum absolute atomic E-state index is 0.00417. The van der Waals surface area contributed by atoms with E-state index in [0.29, 0.717) is 0 Å². The van der Waals surface area contributed by atoms with Gasteiger partial charge in [0.25, 0.3) is 0 Å². The third-order valence-corrected chi connectivity index (χ3v) is 1.84. The van der Waals surface area contributed by atoms with Crippen molar-refractivity contribution in [2.45, 2.75) is 0 Å². The van der Waals surface area contributed by atoms with E-state index in [1.165, 1.54) is 29.6 Å². The molecule has 0 spiro atoms. The van der Waals surface area contributed by atoms with Crippen LogP contribution in [-0.2, 0) is 0 Å². The summed E-state index contributed by atoms with van der Waals surface area (Å²) in [4.78, 5) is 18.4. The normalized spacial score (nSPS) is 10.1. The molecule has 0 saturated carbocycles. The highest BCUT2D eigenvalue weighted by atomic mass is 16.4. The molecular weight excluding hydrogens is 198 g/mol. The maximum absolute atomic E-state index is 10.8. The molecule has 0 fully saturated rings. The van der Waals surface area contributed by atoms with Gasteiger partial charge in [0, 0.05) is 6.20 Å². The number of nitrogen functional groups attached to an aromatic ring is 1. The Kier molecular flexibility index (Phi) is 2.05. The minimum Gasteiger partial charge on any atom is -0.478 e. The predicted octanol–water partition coefficient (Wildman–Crippen LogP) is -0.0573. The molecule has 2 aromatic heterocycles. The molecule has 3 N–H and O–H groups in total. The van der Waals surface area contributed by atoms with Crippen molar-refractivity contribution in [3.63, 3.8) is 0 Å². The summed E-state index contributed by atoms with van der Waals surface area (Å²) >= 11 is 0. The van der Waals surface area contributed by atoms with Gasteiger partial charge < -0.3 is 10.8 Å². The van der Waals surface area contributed by atoms with Crippen LogP contribution < -0.4 is 5.73 Å². The first-order valence-electron chi connectivity index (χ1n) is 4.03. The Balaban J connectivity index is 2.59. The maximum atomic E-state index is 10.8. The van der Waals surface area contributed by atoms with Gasteiger partial charge in [0.05, 0.1) is 11.3 Å². The van der Waals surface area contributed by atoms with E-state index in [1.54, 1.807) is 0 Å². The summed E-state index contributed by atoms with van der Waals surface area (Å²) in [7, 11) is 0. The Labute approximate surface area is 84.2 Å². The monoisotopic (exact) mass is 205 g/mol. The van der Waals surface area contributed by atoms with Gasteiger partial charge in [-0.1, -0.05) is 0 Å². The molecule has 0 bridgehead atoms. The van der Waals surface area contributed by atoms with Crippen molar-refractivity contribution in [3.05, 3.63) is 30.5 Å². The molecule has 76 valence electrons. The number of anilines is 1. The van der Waals surface area contributed by atoms with E-state index in [2.05, 4.69) is 15.1 Å². The van der Waals surface area contributed by atoms with Gasteiger partial charge in [-0.3, -0.25) is 0 Å². The number of nitrogens with two attached hydrogens (primary N) is 1. The van der Waals surface area contributed by atoms with Gasteiger partial charge in [-0.2, -0.15) is 5.10 Å². The number of aromatic nitrogens is 4. The molecule has 0 saturated heterocycles. The quantitative estimate of drug-likeness (QED) is 0.711. The molecular formula is C8H7N5O2. The van der Waals surface area contributed by atoms with E-state index in [9.17, 15) is 4.79 Å². The van der Waals surface area contributed by atoms with Crippen LogP contribution in [-0.4, -0.2) is 30.8 Å². The second-order valence-corrected chi connectivity index (χ2v) is 2.74. The summed E-state index contributed by atoms with van der Waals surface area (Å²) in [6, 6.07) is 1.33. The number of carboxylic acids is 1. The lowest BCUT2D eigenvalue weighted by Crippen LogP contribution is -2.09. The lowest BCUT2D eigenvalue weighted by atomic mass is 10.2. The fraction of sp³-hybridized carbons (Fsp3) is 0. The zero-order valence-corrected chi connectivity index (χ0v) is 7.53. The molecule has 7 nitrogen and oxygen atoms in total. The van der Waals surface area contributed by atoms with Crippen molar-refractivity contribution in [1.29, 1.82) is 0 Å². The smallest absolute Gasteiger partial charge is 0.337 e. The van der Waals surface area contributed by atoms with Crippen LogP contribution in [0, 0.1) is 0 Å². The maximum Gasteiger partial charge on any atom is 0.337 e. The van der Waals surface area contributed by atoms with E-state index >= 15 is 0 Å². The summed E-state index contributed by atoms with van der Waals surface area (Å²) < 4.78 is 1.31. The first kappa shape index (κ1) is 9.13. The number of carboxylic acid groups (broad SMARTS) is 1. The first-order chi connectivity index (χ1) is 7.20. The highest BCUT2D eigenvalue weighted by molar-refractivity contribution is 5.95. The Morgan fingerprint density at radius 1 is 1.53 bits per heavy atom. The van der Waals surface area contributed by atoms with Crippen LogP contribution in [0.5, 0.6) is 0 Å². The molecule has 2 rings (SSSR count). The summed E-state index contributed by atoms with van der Waals surface area (Å²) in [5, 5.41) is 12.7. The lowest BCUT2D eigenvalue weighted by molar-refractivity contribution is 0.0698. The van der Waals surface area contributed by atoms with Crippen molar-refractivity contribution in [2.75, 3.05) is 5.73 Å². The lowest BCUT2D eigenvalue weighted by Gasteiger charge is -2.05. The summed E-state index contributed by atoms with van der Waals surface area (Å²) in [5.41, 5.74) is 5.70. The average molecular weight is 205 g/mol. The van der Waals surface area contributed by atoms with Crippen LogP contribution in [0.15, 0.2) is 24.9 Å². The van der Waals surface area contributed by atoms with Gasteiger partial charge in [-0.05, 0) is 6.07 Å². The second kappa shape index (κ2) is 3.37. The highest BCUT2D eigenvalue weighted by Gasteiger charge is 2.13. The van der Waals surface area contributed by atoms with Crippen LogP contribution in [0.3, 0.4) is 0 Å². The topological polar surface area (TPSA) is 107 Å². The second-order valence-electron chi connectivity index (χ2n) is 2.74. The van der Waals surface area contributed by atoms with E-state index in [1.807, 2.05) is 0 Å². The Morgan fingerprint density at radius 2 is 2.33 bits per heavy atom. The third kappa shape index (κ3) is 1.50. The van der Waals surface area contributed by atoms with Crippen LogP contribution in [0.2, 0.25) is 0 Å². The number of hydrogen-bond donors (Lipinski definition) is 2. The molecule has 0 aliphatic carbocycles. The molecule has 0 radical (unpaired) electrons. The fourth-order valence-corrected chi connectivity index (χ4v) is 1.15. The fourth-order valence-electron chi connectivity index (χ4n) is 1.15. The molecule has 2 aromatic rings. The van der Waals surface area contributed by atoms with Crippen molar-refractivity contribution >= 4 is 11.7 Å². The molecule has 0 aliphatic rings. The summed E-state index contributed by atoms with van der Waals surface area (Å²) in [5.74, 6) is -0.844. The molecule has 0 atom stereocenters. The van der Waals surface area contributed by atoms with E-state index in [0.717, 1.165) is 0 Å². The first-order valence-corrected chi connectivity index (χ1v) is 4.03. The number of nitrogens with zero attached hydrogens (tertiary/aromatic N) is 4.